The van der Waals surface area contributed by atoms with Gasteiger partial charge in [-0.15, -0.1) is 0 Å². The minimum atomic E-state index is -0.628. The van der Waals surface area contributed by atoms with Gasteiger partial charge in [-0.25, -0.2) is 0 Å². The first-order valence-corrected chi connectivity index (χ1v) is 4.49. The van der Waals surface area contributed by atoms with Gasteiger partial charge in [-0.05, 0) is 12.1 Å². The molecule has 0 fully saturated rings. The van der Waals surface area contributed by atoms with E-state index in [-0.39, 0.29) is 30.1 Å². The van der Waals surface area contributed by atoms with E-state index in [0.29, 0.717) is 0 Å². The molecule has 0 aliphatic carbocycles. The molecule has 86 valence electrons. The van der Waals surface area contributed by atoms with Crippen molar-refractivity contribution in [3.8, 4) is 0 Å². The van der Waals surface area contributed by atoms with Crippen molar-refractivity contribution < 1.29 is 14.8 Å². The summed E-state index contributed by atoms with van der Waals surface area (Å²) in [5.74, 6) is -0.415. The zero-order chi connectivity index (χ0) is 12.1. The Morgan fingerprint density at radius 1 is 1.56 bits per heavy atom. The number of hydrogen-bond donors (Lipinski definition) is 3. The van der Waals surface area contributed by atoms with Crippen molar-refractivity contribution in [2.75, 3.05) is 17.7 Å². The molecule has 0 atom stereocenters. The van der Waals surface area contributed by atoms with Crippen molar-refractivity contribution in [2.45, 2.75) is 6.42 Å². The summed E-state index contributed by atoms with van der Waals surface area (Å²) in [6.07, 6.45) is -0.0574. The van der Waals surface area contributed by atoms with Gasteiger partial charge in [0.2, 0.25) is 5.91 Å². The van der Waals surface area contributed by atoms with Crippen LogP contribution < -0.4 is 11.1 Å². The Hall–Kier alpha value is -2.15. The highest BCUT2D eigenvalue weighted by atomic mass is 16.6. The van der Waals surface area contributed by atoms with E-state index < -0.39 is 10.8 Å². The lowest BCUT2D eigenvalue weighted by Crippen LogP contribution is -2.13. The highest BCUT2D eigenvalue weighted by molar-refractivity contribution is 5.91. The highest BCUT2D eigenvalue weighted by Gasteiger charge is 2.12. The lowest BCUT2D eigenvalue weighted by molar-refractivity contribution is -0.383. The summed E-state index contributed by atoms with van der Waals surface area (Å²) in [5.41, 5.74) is 5.43. The van der Waals surface area contributed by atoms with Crippen LogP contribution in [0, 0.1) is 10.1 Å². The van der Waals surface area contributed by atoms with Gasteiger partial charge in [0.05, 0.1) is 18.0 Å². The lowest BCUT2D eigenvalue weighted by atomic mass is 10.2. The highest BCUT2D eigenvalue weighted by Crippen LogP contribution is 2.24. The Balaban J connectivity index is 2.87. The van der Waals surface area contributed by atoms with Crippen LogP contribution in [-0.4, -0.2) is 22.5 Å². The van der Waals surface area contributed by atoms with E-state index in [9.17, 15) is 14.9 Å². The number of carbonyl (C=O) groups is 1. The first-order valence-electron chi connectivity index (χ1n) is 4.49. The molecule has 0 heterocycles. The smallest absolute Gasteiger partial charge is 0.294 e. The summed E-state index contributed by atoms with van der Waals surface area (Å²) >= 11 is 0. The fourth-order valence-corrected chi connectivity index (χ4v) is 1.10. The normalized spacial score (nSPS) is 9.81. The van der Waals surface area contributed by atoms with Gasteiger partial charge >= 0.3 is 0 Å². The van der Waals surface area contributed by atoms with Crippen molar-refractivity contribution in [2.24, 2.45) is 0 Å². The fourth-order valence-electron chi connectivity index (χ4n) is 1.10. The summed E-state index contributed by atoms with van der Waals surface area (Å²) in [6, 6.07) is 3.97. The van der Waals surface area contributed by atoms with E-state index in [1.165, 1.54) is 18.2 Å². The van der Waals surface area contributed by atoms with E-state index in [2.05, 4.69) is 5.32 Å². The maximum Gasteiger partial charge on any atom is 0.294 e. The Kier molecular flexibility index (Phi) is 3.78. The average Bonchev–Trinajstić information content (AvgIpc) is 2.21. The molecule has 4 N–H and O–H groups in total. The van der Waals surface area contributed by atoms with Crippen LogP contribution in [0.4, 0.5) is 17.1 Å². The molecule has 0 bridgehead atoms. The fraction of sp³-hybridized carbons (Fsp3) is 0.222. The van der Waals surface area contributed by atoms with Crippen LogP contribution in [-0.2, 0) is 4.79 Å². The molecule has 0 spiro atoms. The topological polar surface area (TPSA) is 118 Å². The van der Waals surface area contributed by atoms with Crippen molar-refractivity contribution >= 4 is 23.0 Å². The molecule has 7 nitrogen and oxygen atoms in total. The minimum Gasteiger partial charge on any atom is -0.396 e. The van der Waals surface area contributed by atoms with Crippen molar-refractivity contribution in [1.82, 2.24) is 0 Å². The lowest BCUT2D eigenvalue weighted by Gasteiger charge is -2.04. The van der Waals surface area contributed by atoms with E-state index in [1.54, 1.807) is 0 Å². The van der Waals surface area contributed by atoms with E-state index >= 15 is 0 Å². The number of amides is 1. The molecule has 7 heteroatoms. The summed E-state index contributed by atoms with van der Waals surface area (Å²) in [4.78, 5) is 21.0. The zero-order valence-electron chi connectivity index (χ0n) is 8.34. The first kappa shape index (κ1) is 11.9. The van der Waals surface area contributed by atoms with Gasteiger partial charge in [-0.1, -0.05) is 0 Å². The maximum absolute atomic E-state index is 11.1. The van der Waals surface area contributed by atoms with Crippen LogP contribution in [0.15, 0.2) is 18.2 Å². The molecule has 0 unspecified atom stereocenters. The van der Waals surface area contributed by atoms with Crippen LogP contribution in [0.2, 0.25) is 0 Å². The number of nitro groups is 1. The molecule has 0 radical (unpaired) electrons. The minimum absolute atomic E-state index is 0.0326. The second-order valence-corrected chi connectivity index (χ2v) is 3.05. The van der Waals surface area contributed by atoms with Gasteiger partial charge in [0.25, 0.3) is 5.69 Å². The molecule has 1 rings (SSSR count). The summed E-state index contributed by atoms with van der Waals surface area (Å²) in [7, 11) is 0. The van der Waals surface area contributed by atoms with E-state index in [0.717, 1.165) is 0 Å². The monoisotopic (exact) mass is 225 g/mol. The molecule has 1 aromatic carbocycles. The van der Waals surface area contributed by atoms with Gasteiger partial charge in [-0.2, -0.15) is 0 Å². The van der Waals surface area contributed by atoms with Crippen LogP contribution >= 0.6 is 0 Å². The number of rotatable bonds is 4. The van der Waals surface area contributed by atoms with Crippen LogP contribution in [0.25, 0.3) is 0 Å². The number of hydrogen-bond acceptors (Lipinski definition) is 5. The molecule has 0 aromatic heterocycles. The predicted octanol–water partition coefficient (Wildman–Crippen LogP) is 0.498. The van der Waals surface area contributed by atoms with Gasteiger partial charge in [-0.3, -0.25) is 14.9 Å². The third kappa shape index (κ3) is 2.92. The van der Waals surface area contributed by atoms with Gasteiger partial charge in [0.15, 0.2) is 0 Å². The maximum atomic E-state index is 11.1. The largest absolute Gasteiger partial charge is 0.396 e. The summed E-state index contributed by atoms with van der Waals surface area (Å²) in [6.45, 7) is -0.275. The van der Waals surface area contributed by atoms with Crippen LogP contribution in [0.5, 0.6) is 0 Å². The number of nitrogens with two attached hydrogens (primary N) is 1. The summed E-state index contributed by atoms with van der Waals surface area (Å²) in [5, 5.41) is 21.5. The van der Waals surface area contributed by atoms with Gasteiger partial charge in [0, 0.05) is 11.8 Å². The predicted molar refractivity (Wildman–Crippen MR) is 57.8 cm³/mol. The standard InChI is InChI=1S/C9H11N3O4/c10-7-2-1-6(5-8(7)12(15)16)11-9(14)3-4-13/h1-2,5,13H,3-4,10H2,(H,11,14). The molecule has 1 aromatic rings. The molecule has 0 saturated heterocycles. The average molecular weight is 225 g/mol. The molecule has 0 aliphatic heterocycles. The number of carbonyl (C=O) groups excluding carboxylic acids is 1. The number of nitro benzene ring substituents is 1. The molecule has 0 aliphatic rings. The van der Waals surface area contributed by atoms with Gasteiger partial charge in [0.1, 0.15) is 5.69 Å². The molecular weight excluding hydrogens is 214 g/mol. The first-order chi connectivity index (χ1) is 7.54. The van der Waals surface area contributed by atoms with E-state index in [1.807, 2.05) is 0 Å². The Labute approximate surface area is 91.0 Å². The third-order valence-electron chi connectivity index (χ3n) is 1.85. The van der Waals surface area contributed by atoms with Crippen molar-refractivity contribution in [3.05, 3.63) is 28.3 Å². The van der Waals surface area contributed by atoms with Crippen LogP contribution in [0.3, 0.4) is 0 Å². The Bertz CT molecular complexity index is 419. The number of nitrogens with zero attached hydrogens (tertiary/aromatic N) is 1. The van der Waals surface area contributed by atoms with Crippen LogP contribution in [0.1, 0.15) is 6.42 Å². The molecule has 16 heavy (non-hydrogen) atoms. The Morgan fingerprint density at radius 3 is 2.81 bits per heavy atom. The van der Waals surface area contributed by atoms with Crippen molar-refractivity contribution in [1.29, 1.82) is 0 Å². The zero-order valence-corrected chi connectivity index (χ0v) is 8.34. The summed E-state index contributed by atoms with van der Waals surface area (Å²) < 4.78 is 0. The van der Waals surface area contributed by atoms with Gasteiger partial charge < -0.3 is 16.2 Å². The van der Waals surface area contributed by atoms with E-state index in [4.69, 9.17) is 10.8 Å². The second kappa shape index (κ2) is 5.08. The SMILES string of the molecule is Nc1ccc(NC(=O)CCO)cc1[N+](=O)[O-]. The Morgan fingerprint density at radius 2 is 2.25 bits per heavy atom. The van der Waals surface area contributed by atoms with Crippen molar-refractivity contribution in [3.63, 3.8) is 0 Å². The number of aliphatic hydroxyl groups is 1. The molecule has 1 amide bonds. The quantitative estimate of drug-likeness (QED) is 0.391. The number of aliphatic hydroxyl groups excluding tert-OH is 1. The second-order valence-electron chi connectivity index (χ2n) is 3.05. The number of nitrogens with one attached hydrogen (secondary N) is 1. The molecular formula is C9H11N3O4. The number of benzene rings is 1. The number of anilines is 2. The molecule has 0 saturated carbocycles. The third-order valence-corrected chi connectivity index (χ3v) is 1.85. The number of nitrogen functional groups attached to an aromatic ring is 1.